The summed E-state index contributed by atoms with van der Waals surface area (Å²) in [5.74, 6) is 0.357. The van der Waals surface area contributed by atoms with Crippen molar-refractivity contribution in [2.24, 2.45) is 0 Å². The average Bonchev–Trinajstić information content (AvgIpc) is 2.24. The van der Waals surface area contributed by atoms with Gasteiger partial charge in [-0.15, -0.1) is 0 Å². The van der Waals surface area contributed by atoms with Gasteiger partial charge in [-0.25, -0.2) is 18.4 Å². The molecule has 0 saturated carbocycles. The lowest BCUT2D eigenvalue weighted by atomic mass is 10.3. The average molecular weight is 257 g/mol. The third-order valence-electron chi connectivity index (χ3n) is 2.43. The zero-order chi connectivity index (χ0) is 13.1. The van der Waals surface area contributed by atoms with E-state index < -0.39 is 15.1 Å². The summed E-state index contributed by atoms with van der Waals surface area (Å²) in [5, 5.41) is 2.56. The fraction of sp³-hybridized carbons (Fsp3) is 0.636. The molecule has 1 atom stereocenters. The quantitative estimate of drug-likeness (QED) is 0.854. The number of nitrogens with one attached hydrogen (secondary N) is 1. The van der Waals surface area contributed by atoms with E-state index in [-0.39, 0.29) is 0 Å². The van der Waals surface area contributed by atoms with Crippen molar-refractivity contribution in [1.82, 2.24) is 15.3 Å². The number of sulfone groups is 1. The van der Waals surface area contributed by atoms with Crippen molar-refractivity contribution >= 4 is 9.84 Å². The highest BCUT2D eigenvalue weighted by molar-refractivity contribution is 7.90. The van der Waals surface area contributed by atoms with Crippen LogP contribution in [-0.2, 0) is 16.4 Å². The van der Waals surface area contributed by atoms with Gasteiger partial charge in [-0.3, -0.25) is 0 Å². The van der Waals surface area contributed by atoms with Gasteiger partial charge in [0.15, 0.2) is 9.84 Å². The molecule has 0 aliphatic carbocycles. The molecule has 96 valence electrons. The van der Waals surface area contributed by atoms with Gasteiger partial charge in [-0.05, 0) is 13.0 Å². The van der Waals surface area contributed by atoms with Gasteiger partial charge in [0, 0.05) is 25.0 Å². The molecule has 1 heterocycles. The maximum atomic E-state index is 11.4. The first kappa shape index (κ1) is 14.1. The van der Waals surface area contributed by atoms with E-state index in [1.807, 2.05) is 13.8 Å². The molecular weight excluding hydrogens is 238 g/mol. The van der Waals surface area contributed by atoms with E-state index >= 15 is 0 Å². The smallest absolute Gasteiger partial charge is 0.157 e. The van der Waals surface area contributed by atoms with Crippen molar-refractivity contribution in [3.63, 3.8) is 0 Å². The summed E-state index contributed by atoms with van der Waals surface area (Å²) in [4.78, 5) is 8.27. The van der Waals surface area contributed by atoms with Crippen LogP contribution in [-0.4, -0.2) is 30.7 Å². The summed E-state index contributed by atoms with van der Waals surface area (Å²) in [6.45, 7) is 6.30. The van der Waals surface area contributed by atoms with Crippen LogP contribution in [0.2, 0.25) is 0 Å². The normalized spacial score (nSPS) is 13.9. The second-order valence-corrected chi connectivity index (χ2v) is 6.78. The molecule has 5 nitrogen and oxygen atoms in total. The van der Waals surface area contributed by atoms with Gasteiger partial charge in [0.1, 0.15) is 11.1 Å². The molecule has 0 bridgehead atoms. The lowest BCUT2D eigenvalue weighted by molar-refractivity contribution is 0.574. The number of hydrogen-bond donors (Lipinski definition) is 1. The molecule has 0 spiro atoms. The summed E-state index contributed by atoms with van der Waals surface area (Å²) < 4.78 is 22.8. The Morgan fingerprint density at radius 2 is 2.00 bits per heavy atom. The molecule has 1 N–H and O–H groups in total. The van der Waals surface area contributed by atoms with E-state index in [2.05, 4.69) is 15.3 Å². The van der Waals surface area contributed by atoms with Crippen molar-refractivity contribution < 1.29 is 8.42 Å². The Hall–Kier alpha value is -1.01. The highest BCUT2D eigenvalue weighted by Crippen LogP contribution is 2.16. The highest BCUT2D eigenvalue weighted by atomic mass is 32.2. The summed E-state index contributed by atoms with van der Waals surface area (Å²) in [7, 11) is -3.15. The fourth-order valence-electron chi connectivity index (χ4n) is 1.21. The molecule has 17 heavy (non-hydrogen) atoms. The van der Waals surface area contributed by atoms with Crippen LogP contribution >= 0.6 is 0 Å². The number of rotatable bonds is 5. The fourth-order valence-corrected chi connectivity index (χ4v) is 1.70. The number of nitrogens with zero attached hydrogens (tertiary/aromatic N) is 2. The Labute approximate surface area is 103 Å². The van der Waals surface area contributed by atoms with Crippen LogP contribution in [0.5, 0.6) is 0 Å². The van der Waals surface area contributed by atoms with Gasteiger partial charge >= 0.3 is 0 Å². The van der Waals surface area contributed by atoms with Crippen molar-refractivity contribution in [3.05, 3.63) is 23.8 Å². The molecule has 0 aliphatic rings. The van der Waals surface area contributed by atoms with Crippen LogP contribution in [0.3, 0.4) is 0 Å². The minimum Gasteiger partial charge on any atom is -0.309 e. The maximum Gasteiger partial charge on any atom is 0.157 e. The van der Waals surface area contributed by atoms with Gasteiger partial charge in [-0.2, -0.15) is 0 Å². The molecule has 0 fully saturated rings. The van der Waals surface area contributed by atoms with Crippen LogP contribution in [0.25, 0.3) is 0 Å². The third kappa shape index (κ3) is 4.40. The first-order valence-corrected chi connectivity index (χ1v) is 7.50. The maximum absolute atomic E-state index is 11.4. The largest absolute Gasteiger partial charge is 0.309 e. The molecule has 0 saturated heterocycles. The monoisotopic (exact) mass is 257 g/mol. The lowest BCUT2D eigenvalue weighted by Crippen LogP contribution is -2.23. The van der Waals surface area contributed by atoms with Crippen LogP contribution in [0.15, 0.2) is 12.3 Å². The van der Waals surface area contributed by atoms with E-state index in [9.17, 15) is 8.42 Å². The van der Waals surface area contributed by atoms with E-state index in [0.717, 1.165) is 5.69 Å². The van der Waals surface area contributed by atoms with Crippen LogP contribution in [0, 0.1) is 0 Å². The Bertz CT molecular complexity index is 471. The van der Waals surface area contributed by atoms with Gasteiger partial charge in [0.2, 0.25) is 0 Å². The summed E-state index contributed by atoms with van der Waals surface area (Å²) >= 11 is 0. The van der Waals surface area contributed by atoms with E-state index in [0.29, 0.717) is 18.4 Å². The van der Waals surface area contributed by atoms with Gasteiger partial charge in [-0.1, -0.05) is 13.8 Å². The number of aromatic nitrogens is 2. The van der Waals surface area contributed by atoms with E-state index in [1.165, 1.54) is 6.26 Å². The zero-order valence-corrected chi connectivity index (χ0v) is 11.5. The highest BCUT2D eigenvalue weighted by Gasteiger charge is 2.20. The summed E-state index contributed by atoms with van der Waals surface area (Å²) in [6, 6.07) is 2.15. The van der Waals surface area contributed by atoms with E-state index in [1.54, 1.807) is 19.2 Å². The Morgan fingerprint density at radius 1 is 1.35 bits per heavy atom. The Kier molecular flexibility index (Phi) is 4.59. The standard InChI is InChI=1S/C11H19N3O2S/c1-8(2)13-7-10-5-6-12-11(14-10)9(3)17(4,15)16/h5-6,8-9,13H,7H2,1-4H3. The second kappa shape index (κ2) is 5.55. The molecule has 1 rings (SSSR count). The third-order valence-corrected chi connectivity index (χ3v) is 3.92. The van der Waals surface area contributed by atoms with Crippen molar-refractivity contribution in [2.45, 2.75) is 38.6 Å². The van der Waals surface area contributed by atoms with Crippen LogP contribution in [0.4, 0.5) is 0 Å². The lowest BCUT2D eigenvalue weighted by Gasteiger charge is -2.11. The van der Waals surface area contributed by atoms with Crippen molar-refractivity contribution in [1.29, 1.82) is 0 Å². The molecule has 1 aromatic heterocycles. The molecule has 6 heteroatoms. The summed E-state index contributed by atoms with van der Waals surface area (Å²) in [6.07, 6.45) is 2.79. The molecule has 0 aromatic carbocycles. The minimum absolute atomic E-state index is 0.357. The molecule has 0 aliphatic heterocycles. The van der Waals surface area contributed by atoms with Gasteiger partial charge < -0.3 is 5.32 Å². The SMILES string of the molecule is CC(C)NCc1ccnc(C(C)S(C)(=O)=O)n1. The topological polar surface area (TPSA) is 72.0 Å². The van der Waals surface area contributed by atoms with Crippen LogP contribution < -0.4 is 5.32 Å². The van der Waals surface area contributed by atoms with Gasteiger partial charge in [0.25, 0.3) is 0 Å². The molecule has 0 radical (unpaired) electrons. The predicted molar refractivity (Wildman–Crippen MR) is 67.3 cm³/mol. The Balaban J connectivity index is 2.86. The summed E-state index contributed by atoms with van der Waals surface area (Å²) in [5.41, 5.74) is 0.805. The minimum atomic E-state index is -3.15. The number of hydrogen-bond acceptors (Lipinski definition) is 5. The van der Waals surface area contributed by atoms with E-state index in [4.69, 9.17) is 0 Å². The molecule has 1 aromatic rings. The molecular formula is C11H19N3O2S. The first-order chi connectivity index (χ1) is 7.80. The first-order valence-electron chi connectivity index (χ1n) is 5.54. The predicted octanol–water partition coefficient (Wildman–Crippen LogP) is 1.08. The molecule has 1 unspecified atom stereocenters. The zero-order valence-electron chi connectivity index (χ0n) is 10.6. The van der Waals surface area contributed by atoms with Crippen molar-refractivity contribution in [2.75, 3.05) is 6.26 Å². The molecule has 0 amide bonds. The Morgan fingerprint density at radius 3 is 2.53 bits per heavy atom. The van der Waals surface area contributed by atoms with Crippen molar-refractivity contribution in [3.8, 4) is 0 Å². The van der Waals surface area contributed by atoms with Crippen LogP contribution in [0.1, 0.15) is 37.5 Å². The van der Waals surface area contributed by atoms with Gasteiger partial charge in [0.05, 0.1) is 5.69 Å². The second-order valence-electron chi connectivity index (χ2n) is 4.41.